The summed E-state index contributed by atoms with van der Waals surface area (Å²) < 4.78 is 17.4. The number of hydrogen-bond acceptors (Lipinski definition) is 6. The molecule has 2 amide bonds. The Morgan fingerprint density at radius 2 is 1.45 bits per heavy atom. The molecule has 8 nitrogen and oxygen atoms in total. The number of nitrogens with one attached hydrogen (secondary N) is 2. The van der Waals surface area contributed by atoms with E-state index in [-0.39, 0.29) is 11.9 Å². The average Bonchev–Trinajstić information content (AvgIpc) is 2.92. The highest BCUT2D eigenvalue weighted by atomic mass is 16.6. The normalized spacial score (nSPS) is 13.6. The van der Waals surface area contributed by atoms with E-state index >= 15 is 0 Å². The summed E-state index contributed by atoms with van der Waals surface area (Å²) in [6.07, 6.45) is 5.59. The molecule has 0 heterocycles. The fourth-order valence-corrected chi connectivity index (χ4v) is 4.19. The molecule has 0 aliphatic heterocycles. The van der Waals surface area contributed by atoms with Gasteiger partial charge in [-0.25, -0.2) is 4.79 Å². The fourth-order valence-electron chi connectivity index (χ4n) is 4.19. The third kappa shape index (κ3) is 8.77. The third-order valence-corrected chi connectivity index (χ3v) is 6.13. The molecule has 1 aliphatic rings. The van der Waals surface area contributed by atoms with E-state index in [0.29, 0.717) is 40.7 Å². The SMILES string of the molecule is CC(C)(C)OC(=O)NCc1ccc(Oc2cc(Oc3ccc(C#N)cc3)cc(C(=O)NC3CC[CH]CC3)c2)cc1. The van der Waals surface area contributed by atoms with E-state index in [1.54, 1.807) is 54.6 Å². The Bertz CT molecular complexity index is 1350. The molecule has 0 saturated heterocycles. The van der Waals surface area contributed by atoms with Crippen LogP contribution in [0, 0.1) is 17.8 Å². The molecule has 207 valence electrons. The van der Waals surface area contributed by atoms with Gasteiger partial charge in [-0.05, 0) is 107 Å². The average molecular weight is 541 g/mol. The second-order valence-corrected chi connectivity index (χ2v) is 10.6. The van der Waals surface area contributed by atoms with E-state index in [9.17, 15) is 9.59 Å². The number of rotatable bonds is 8. The number of alkyl carbamates (subject to hydrolysis) is 1. The lowest BCUT2D eigenvalue weighted by molar-refractivity contribution is 0.0523. The van der Waals surface area contributed by atoms with Crippen molar-refractivity contribution < 1.29 is 23.8 Å². The number of nitrogens with zero attached hydrogens (tertiary/aromatic N) is 1. The van der Waals surface area contributed by atoms with E-state index in [0.717, 1.165) is 31.2 Å². The van der Waals surface area contributed by atoms with Crippen LogP contribution < -0.4 is 20.1 Å². The van der Waals surface area contributed by atoms with Gasteiger partial charge in [0, 0.05) is 24.2 Å². The maximum Gasteiger partial charge on any atom is 0.407 e. The number of amides is 2. The summed E-state index contributed by atoms with van der Waals surface area (Å²) in [6.45, 7) is 5.75. The predicted octanol–water partition coefficient (Wildman–Crippen LogP) is 7.04. The van der Waals surface area contributed by atoms with Crippen molar-refractivity contribution in [1.29, 1.82) is 5.26 Å². The minimum absolute atomic E-state index is 0.131. The van der Waals surface area contributed by atoms with Crippen LogP contribution in [0.2, 0.25) is 0 Å². The molecule has 1 fully saturated rings. The van der Waals surface area contributed by atoms with E-state index in [1.807, 2.05) is 32.9 Å². The van der Waals surface area contributed by atoms with Crippen molar-refractivity contribution in [2.45, 2.75) is 64.6 Å². The van der Waals surface area contributed by atoms with Crippen molar-refractivity contribution in [3.8, 4) is 29.1 Å². The summed E-state index contributed by atoms with van der Waals surface area (Å²) in [5.74, 6) is 1.78. The van der Waals surface area contributed by atoms with Gasteiger partial charge in [0.2, 0.25) is 0 Å². The van der Waals surface area contributed by atoms with Crippen molar-refractivity contribution >= 4 is 12.0 Å². The largest absolute Gasteiger partial charge is 0.457 e. The zero-order valence-electron chi connectivity index (χ0n) is 23.0. The monoisotopic (exact) mass is 540 g/mol. The van der Waals surface area contributed by atoms with Gasteiger partial charge in [0.1, 0.15) is 28.6 Å². The molecule has 40 heavy (non-hydrogen) atoms. The van der Waals surface area contributed by atoms with Crippen molar-refractivity contribution in [1.82, 2.24) is 10.6 Å². The van der Waals surface area contributed by atoms with Crippen molar-refractivity contribution in [3.05, 3.63) is 89.8 Å². The molecule has 1 saturated carbocycles. The Morgan fingerprint density at radius 3 is 2.00 bits per heavy atom. The second-order valence-electron chi connectivity index (χ2n) is 10.6. The van der Waals surface area contributed by atoms with Crippen molar-refractivity contribution in [2.24, 2.45) is 0 Å². The standard InChI is InChI=1S/C32H34N3O5/c1-32(2,3)40-31(37)34-21-23-11-15-27(16-12-23)39-29-18-24(30(36)35-25-7-5-4-6-8-25)17-28(19-29)38-26-13-9-22(20-33)10-14-26/h4,9-19,25H,5-8,21H2,1-3H3,(H,34,37)(H,35,36). The minimum Gasteiger partial charge on any atom is -0.457 e. The molecular weight excluding hydrogens is 506 g/mol. The maximum atomic E-state index is 13.2. The number of carbonyl (C=O) groups is 2. The van der Waals surface area contributed by atoms with Crippen LogP contribution in [0.5, 0.6) is 23.0 Å². The zero-order valence-corrected chi connectivity index (χ0v) is 23.0. The van der Waals surface area contributed by atoms with Crippen LogP contribution >= 0.6 is 0 Å². The van der Waals surface area contributed by atoms with Crippen LogP contribution in [0.4, 0.5) is 4.79 Å². The van der Waals surface area contributed by atoms with Crippen LogP contribution in [0.15, 0.2) is 66.7 Å². The molecule has 3 aromatic rings. The molecule has 0 spiro atoms. The second kappa shape index (κ2) is 13.0. The van der Waals surface area contributed by atoms with E-state index in [1.165, 1.54) is 0 Å². The lowest BCUT2D eigenvalue weighted by Crippen LogP contribution is -2.36. The van der Waals surface area contributed by atoms with Crippen LogP contribution in [0.3, 0.4) is 0 Å². The quantitative estimate of drug-likeness (QED) is 0.317. The van der Waals surface area contributed by atoms with Crippen molar-refractivity contribution in [3.63, 3.8) is 0 Å². The molecule has 2 N–H and O–H groups in total. The van der Waals surface area contributed by atoms with Crippen LogP contribution in [0.1, 0.15) is 67.9 Å². The highest BCUT2D eigenvalue weighted by Gasteiger charge is 2.19. The summed E-state index contributed by atoms with van der Waals surface area (Å²) in [5.41, 5.74) is 1.26. The number of benzene rings is 3. The maximum absolute atomic E-state index is 13.2. The highest BCUT2D eigenvalue weighted by molar-refractivity contribution is 5.95. The lowest BCUT2D eigenvalue weighted by atomic mass is 9.95. The first-order valence-electron chi connectivity index (χ1n) is 13.4. The molecule has 1 aliphatic carbocycles. The number of ether oxygens (including phenoxy) is 3. The summed E-state index contributed by atoms with van der Waals surface area (Å²) >= 11 is 0. The summed E-state index contributed by atoms with van der Waals surface area (Å²) in [5, 5.41) is 14.9. The van der Waals surface area contributed by atoms with E-state index in [4.69, 9.17) is 19.5 Å². The molecule has 3 aromatic carbocycles. The van der Waals surface area contributed by atoms with Crippen LogP contribution in [-0.4, -0.2) is 23.6 Å². The summed E-state index contributed by atoms with van der Waals surface area (Å²) in [7, 11) is 0. The fraction of sp³-hybridized carbons (Fsp3) is 0.312. The van der Waals surface area contributed by atoms with Gasteiger partial charge in [0.15, 0.2) is 0 Å². The molecule has 0 aromatic heterocycles. The summed E-state index contributed by atoms with van der Waals surface area (Å²) in [4.78, 5) is 25.1. The molecule has 4 rings (SSSR count). The highest BCUT2D eigenvalue weighted by Crippen LogP contribution is 2.31. The van der Waals surface area contributed by atoms with Gasteiger partial charge < -0.3 is 24.8 Å². The lowest BCUT2D eigenvalue weighted by Gasteiger charge is -2.23. The number of nitriles is 1. The Hall–Kier alpha value is -4.51. The number of carbonyl (C=O) groups excluding carboxylic acids is 2. The molecule has 0 bridgehead atoms. The van der Waals surface area contributed by atoms with Gasteiger partial charge in [0.05, 0.1) is 11.6 Å². The first-order valence-corrected chi connectivity index (χ1v) is 13.4. The smallest absolute Gasteiger partial charge is 0.407 e. The third-order valence-electron chi connectivity index (χ3n) is 6.13. The van der Waals surface area contributed by atoms with Crippen molar-refractivity contribution in [2.75, 3.05) is 0 Å². The van der Waals surface area contributed by atoms with Gasteiger partial charge >= 0.3 is 6.09 Å². The Kier molecular flexibility index (Phi) is 9.28. The van der Waals surface area contributed by atoms with Crippen LogP contribution in [-0.2, 0) is 11.3 Å². The molecule has 0 atom stereocenters. The van der Waals surface area contributed by atoms with E-state index < -0.39 is 11.7 Å². The molecular formula is C32H34N3O5. The van der Waals surface area contributed by atoms with Crippen LogP contribution in [0.25, 0.3) is 0 Å². The van der Waals surface area contributed by atoms with Gasteiger partial charge in [-0.3, -0.25) is 4.79 Å². The Labute approximate surface area is 235 Å². The summed E-state index contributed by atoms with van der Waals surface area (Å²) in [6, 6.07) is 21.3. The zero-order chi connectivity index (χ0) is 28.5. The number of hydrogen-bond donors (Lipinski definition) is 2. The van der Waals surface area contributed by atoms with Gasteiger partial charge in [-0.15, -0.1) is 0 Å². The Morgan fingerprint density at radius 1 is 0.875 bits per heavy atom. The minimum atomic E-state index is -0.565. The van der Waals surface area contributed by atoms with Gasteiger partial charge in [-0.2, -0.15) is 5.26 Å². The first kappa shape index (κ1) is 28.5. The first-order chi connectivity index (χ1) is 19.2. The predicted molar refractivity (Wildman–Crippen MR) is 151 cm³/mol. The van der Waals surface area contributed by atoms with Gasteiger partial charge in [-0.1, -0.05) is 12.1 Å². The van der Waals surface area contributed by atoms with E-state index in [2.05, 4.69) is 23.1 Å². The molecule has 1 radical (unpaired) electrons. The molecule has 0 unspecified atom stereocenters. The Balaban J connectivity index is 1.48. The molecule has 8 heteroatoms. The topological polar surface area (TPSA) is 110 Å². The van der Waals surface area contributed by atoms with Gasteiger partial charge in [0.25, 0.3) is 5.91 Å².